The molecule has 0 spiro atoms. The van der Waals surface area contributed by atoms with Crippen LogP contribution in [0.4, 0.5) is 0 Å². The molecular weight excluding hydrogens is 108 g/mol. The average Bonchev–Trinajstić information content (AvgIpc) is 2.45. The normalized spacial score (nSPS) is 37.7. The van der Waals surface area contributed by atoms with Gasteiger partial charge in [0, 0.05) is 0 Å². The molecule has 0 heteroatoms. The maximum Gasteiger partial charge on any atom is -0.00144 e. The molecule has 0 aromatic carbocycles. The second-order valence-corrected chi connectivity index (χ2v) is 2.99. The van der Waals surface area contributed by atoms with E-state index in [-0.39, 0.29) is 0 Å². The van der Waals surface area contributed by atoms with Crippen LogP contribution >= 0.6 is 0 Å². The van der Waals surface area contributed by atoms with Crippen LogP contribution in [0.1, 0.15) is 19.8 Å². The minimum atomic E-state index is 0.810. The SMILES string of the molecule is CCC1=C[C@H]2C=C[C@@H]1C2. The molecule has 0 N–H and O–H groups in total. The second kappa shape index (κ2) is 1.73. The van der Waals surface area contributed by atoms with E-state index in [1.54, 1.807) is 5.57 Å². The molecule has 0 aromatic heterocycles. The summed E-state index contributed by atoms with van der Waals surface area (Å²) < 4.78 is 0. The zero-order valence-electron chi connectivity index (χ0n) is 5.80. The topological polar surface area (TPSA) is 0 Å². The highest BCUT2D eigenvalue weighted by atomic mass is 14.3. The average molecular weight is 120 g/mol. The summed E-state index contributed by atoms with van der Waals surface area (Å²) in [5.74, 6) is 1.64. The summed E-state index contributed by atoms with van der Waals surface area (Å²) >= 11 is 0. The summed E-state index contributed by atoms with van der Waals surface area (Å²) in [4.78, 5) is 0. The number of rotatable bonds is 1. The number of fused-ring (bicyclic) bond motifs is 2. The summed E-state index contributed by atoms with van der Waals surface area (Å²) in [5.41, 5.74) is 1.67. The minimum absolute atomic E-state index is 0.810. The smallest absolute Gasteiger partial charge is 0.00144 e. The Balaban J connectivity index is 2.22. The van der Waals surface area contributed by atoms with Crippen molar-refractivity contribution in [3.8, 4) is 0 Å². The number of hydrogen-bond acceptors (Lipinski definition) is 0. The third kappa shape index (κ3) is 0.658. The van der Waals surface area contributed by atoms with Gasteiger partial charge in [0.15, 0.2) is 0 Å². The Morgan fingerprint density at radius 3 is 2.78 bits per heavy atom. The fourth-order valence-corrected chi connectivity index (χ4v) is 1.90. The van der Waals surface area contributed by atoms with E-state index >= 15 is 0 Å². The van der Waals surface area contributed by atoms with Gasteiger partial charge in [-0.3, -0.25) is 0 Å². The van der Waals surface area contributed by atoms with Gasteiger partial charge in [0.2, 0.25) is 0 Å². The van der Waals surface area contributed by atoms with Gasteiger partial charge in [-0.15, -0.1) is 0 Å². The Morgan fingerprint density at radius 2 is 2.44 bits per heavy atom. The Labute approximate surface area is 56.3 Å². The first kappa shape index (κ1) is 5.28. The van der Waals surface area contributed by atoms with Crippen LogP contribution in [0, 0.1) is 11.8 Å². The van der Waals surface area contributed by atoms with Crippen LogP contribution in [-0.4, -0.2) is 0 Å². The van der Waals surface area contributed by atoms with Crippen molar-refractivity contribution in [2.75, 3.05) is 0 Å². The van der Waals surface area contributed by atoms with Crippen LogP contribution in [0.2, 0.25) is 0 Å². The third-order valence-corrected chi connectivity index (χ3v) is 2.43. The summed E-state index contributed by atoms with van der Waals surface area (Å²) in [6.45, 7) is 2.25. The van der Waals surface area contributed by atoms with Gasteiger partial charge in [0.25, 0.3) is 0 Å². The Hall–Kier alpha value is -0.520. The lowest BCUT2D eigenvalue weighted by molar-refractivity contribution is 0.701. The molecule has 0 amide bonds. The highest BCUT2D eigenvalue weighted by molar-refractivity contribution is 5.29. The summed E-state index contributed by atoms with van der Waals surface area (Å²) in [6.07, 6.45) is 9.77. The molecule has 0 fully saturated rings. The molecule has 48 valence electrons. The summed E-state index contributed by atoms with van der Waals surface area (Å²) in [7, 11) is 0. The number of allylic oxidation sites excluding steroid dienone is 4. The second-order valence-electron chi connectivity index (χ2n) is 2.99. The van der Waals surface area contributed by atoms with E-state index in [1.165, 1.54) is 12.8 Å². The maximum atomic E-state index is 2.44. The van der Waals surface area contributed by atoms with Crippen molar-refractivity contribution in [2.24, 2.45) is 11.8 Å². The van der Waals surface area contributed by atoms with Crippen molar-refractivity contribution in [1.82, 2.24) is 0 Å². The molecule has 0 radical (unpaired) electrons. The first-order chi connectivity index (χ1) is 4.40. The maximum absolute atomic E-state index is 2.44. The summed E-state index contributed by atoms with van der Waals surface area (Å²) in [6, 6.07) is 0. The lowest BCUT2D eigenvalue weighted by atomic mass is 10.0. The van der Waals surface area contributed by atoms with Gasteiger partial charge < -0.3 is 0 Å². The van der Waals surface area contributed by atoms with E-state index < -0.39 is 0 Å². The first-order valence-electron chi connectivity index (χ1n) is 3.79. The zero-order chi connectivity index (χ0) is 6.27. The van der Waals surface area contributed by atoms with Gasteiger partial charge in [0.05, 0.1) is 0 Å². The highest BCUT2D eigenvalue weighted by Crippen LogP contribution is 2.39. The van der Waals surface area contributed by atoms with Gasteiger partial charge in [-0.05, 0) is 24.7 Å². The fraction of sp³-hybridized carbons (Fsp3) is 0.556. The van der Waals surface area contributed by atoms with Gasteiger partial charge >= 0.3 is 0 Å². The van der Waals surface area contributed by atoms with Gasteiger partial charge in [0.1, 0.15) is 0 Å². The van der Waals surface area contributed by atoms with Crippen molar-refractivity contribution in [3.63, 3.8) is 0 Å². The van der Waals surface area contributed by atoms with Gasteiger partial charge in [-0.25, -0.2) is 0 Å². The fourth-order valence-electron chi connectivity index (χ4n) is 1.90. The predicted molar refractivity (Wildman–Crippen MR) is 39.1 cm³/mol. The van der Waals surface area contributed by atoms with Crippen LogP contribution in [0.3, 0.4) is 0 Å². The van der Waals surface area contributed by atoms with Crippen molar-refractivity contribution in [1.29, 1.82) is 0 Å². The van der Waals surface area contributed by atoms with E-state index in [0.29, 0.717) is 0 Å². The largest absolute Gasteiger partial charge is 0.0810 e. The predicted octanol–water partition coefficient (Wildman–Crippen LogP) is 2.53. The van der Waals surface area contributed by atoms with E-state index in [4.69, 9.17) is 0 Å². The molecule has 0 saturated carbocycles. The quantitative estimate of drug-likeness (QED) is 0.466. The van der Waals surface area contributed by atoms with Crippen LogP contribution in [0.25, 0.3) is 0 Å². The zero-order valence-corrected chi connectivity index (χ0v) is 5.80. The molecule has 2 atom stereocenters. The van der Waals surface area contributed by atoms with E-state index in [0.717, 1.165) is 11.8 Å². The van der Waals surface area contributed by atoms with E-state index in [2.05, 4.69) is 25.2 Å². The molecule has 0 saturated heterocycles. The Kier molecular flexibility index (Phi) is 1.01. The van der Waals surface area contributed by atoms with Gasteiger partial charge in [-0.2, -0.15) is 0 Å². The van der Waals surface area contributed by atoms with E-state index in [1.807, 2.05) is 0 Å². The van der Waals surface area contributed by atoms with Crippen molar-refractivity contribution in [2.45, 2.75) is 19.8 Å². The monoisotopic (exact) mass is 120 g/mol. The molecule has 0 unspecified atom stereocenters. The Morgan fingerprint density at radius 1 is 1.56 bits per heavy atom. The lowest BCUT2D eigenvalue weighted by Gasteiger charge is -2.04. The highest BCUT2D eigenvalue weighted by Gasteiger charge is 2.26. The summed E-state index contributed by atoms with van der Waals surface area (Å²) in [5, 5.41) is 0. The molecule has 0 heterocycles. The third-order valence-electron chi connectivity index (χ3n) is 2.43. The molecule has 0 nitrogen and oxygen atoms in total. The van der Waals surface area contributed by atoms with Crippen LogP contribution < -0.4 is 0 Å². The lowest BCUT2D eigenvalue weighted by Crippen LogP contribution is -1.90. The Bertz CT molecular complexity index is 174. The van der Waals surface area contributed by atoms with Gasteiger partial charge in [-0.1, -0.05) is 30.7 Å². The first-order valence-corrected chi connectivity index (χ1v) is 3.79. The van der Waals surface area contributed by atoms with Crippen molar-refractivity contribution < 1.29 is 0 Å². The molecule has 2 rings (SSSR count). The standard InChI is InChI=1S/C9H12/c1-2-8-5-7-3-4-9(8)6-7/h3-5,7,9H,2,6H2,1H3/t7-,9-/m1/s1. The molecule has 9 heavy (non-hydrogen) atoms. The molecular formula is C9H12. The molecule has 0 aliphatic heterocycles. The number of hydrogen-bond donors (Lipinski definition) is 0. The van der Waals surface area contributed by atoms with Crippen LogP contribution in [0.15, 0.2) is 23.8 Å². The van der Waals surface area contributed by atoms with Crippen LogP contribution in [-0.2, 0) is 0 Å². The van der Waals surface area contributed by atoms with Crippen LogP contribution in [0.5, 0.6) is 0 Å². The molecule has 2 aliphatic carbocycles. The van der Waals surface area contributed by atoms with Crippen molar-refractivity contribution >= 4 is 0 Å². The van der Waals surface area contributed by atoms with Crippen molar-refractivity contribution in [3.05, 3.63) is 23.8 Å². The molecule has 0 aromatic rings. The molecule has 2 bridgehead atoms. The van der Waals surface area contributed by atoms with E-state index in [9.17, 15) is 0 Å². The molecule has 2 aliphatic rings. The minimum Gasteiger partial charge on any atom is -0.0810 e.